The van der Waals surface area contributed by atoms with Gasteiger partial charge in [-0.1, -0.05) is 6.07 Å². The van der Waals surface area contributed by atoms with Crippen LogP contribution in [0.4, 0.5) is 0 Å². The van der Waals surface area contributed by atoms with Gasteiger partial charge >= 0.3 is 0 Å². The van der Waals surface area contributed by atoms with Crippen LogP contribution in [0.1, 0.15) is 42.3 Å². The van der Waals surface area contributed by atoms with Gasteiger partial charge in [0.1, 0.15) is 5.75 Å². The van der Waals surface area contributed by atoms with Crippen molar-refractivity contribution in [1.82, 2.24) is 14.8 Å². The van der Waals surface area contributed by atoms with Crippen LogP contribution in [-0.2, 0) is 4.74 Å². The number of hydrogen-bond donors (Lipinski definition) is 0. The first-order chi connectivity index (χ1) is 14.5. The lowest BCUT2D eigenvalue weighted by molar-refractivity contribution is -0.0428. The Morgan fingerprint density at radius 3 is 2.73 bits per heavy atom. The van der Waals surface area contributed by atoms with Crippen molar-refractivity contribution in [3.05, 3.63) is 67.3 Å². The molecule has 0 radical (unpaired) electrons. The lowest BCUT2D eigenvalue weighted by Crippen LogP contribution is -2.33. The van der Waals surface area contributed by atoms with Gasteiger partial charge in [0.05, 0.1) is 9.26 Å². The molecule has 30 heavy (non-hydrogen) atoms. The quantitative estimate of drug-likeness (QED) is 0.438. The third-order valence-electron chi connectivity index (χ3n) is 5.36. The molecule has 1 unspecified atom stereocenters. The highest BCUT2D eigenvalue weighted by molar-refractivity contribution is 14.1. The largest absolute Gasteiger partial charge is 0.438 e. The van der Waals surface area contributed by atoms with E-state index in [1.807, 2.05) is 51.1 Å². The summed E-state index contributed by atoms with van der Waals surface area (Å²) >= 11 is 2.20. The zero-order chi connectivity index (χ0) is 21.3. The monoisotopic (exact) mass is 517 g/mol. The Balaban J connectivity index is 1.69. The highest BCUT2D eigenvalue weighted by atomic mass is 127. The summed E-state index contributed by atoms with van der Waals surface area (Å²) in [4.78, 5) is 17.3. The number of rotatable bonds is 4. The minimum absolute atomic E-state index is 0.0923. The van der Waals surface area contributed by atoms with E-state index in [0.29, 0.717) is 23.8 Å². The maximum absolute atomic E-state index is 13.1. The maximum Gasteiger partial charge on any atom is 0.272 e. The predicted molar refractivity (Wildman–Crippen MR) is 124 cm³/mol. The average molecular weight is 517 g/mol. The molecule has 1 atom stereocenters. The number of halogens is 1. The van der Waals surface area contributed by atoms with Gasteiger partial charge in [-0.15, -0.1) is 0 Å². The van der Waals surface area contributed by atoms with Crippen molar-refractivity contribution in [3.8, 4) is 22.8 Å². The van der Waals surface area contributed by atoms with E-state index in [9.17, 15) is 4.79 Å². The fourth-order valence-corrected chi connectivity index (χ4v) is 4.31. The molecule has 0 N–H and O–H groups in total. The molecule has 2 aromatic heterocycles. The molecule has 7 heteroatoms. The third-order valence-corrected chi connectivity index (χ3v) is 6.18. The minimum Gasteiger partial charge on any atom is -0.438 e. The average Bonchev–Trinajstić information content (AvgIpc) is 2.74. The van der Waals surface area contributed by atoms with E-state index in [1.165, 1.54) is 4.68 Å². The van der Waals surface area contributed by atoms with Crippen molar-refractivity contribution in [1.29, 1.82) is 0 Å². The lowest BCUT2D eigenvalue weighted by Gasteiger charge is -2.25. The van der Waals surface area contributed by atoms with E-state index < -0.39 is 0 Å². The number of nitrogens with zero attached hydrogens (tertiary/aromatic N) is 3. The van der Waals surface area contributed by atoms with Crippen LogP contribution in [0, 0.1) is 24.3 Å². The molecule has 1 aromatic carbocycles. The fraction of sp³-hybridized carbons (Fsp3) is 0.348. The molecule has 3 heterocycles. The molecule has 0 amide bonds. The maximum atomic E-state index is 13.1. The summed E-state index contributed by atoms with van der Waals surface area (Å²) in [6, 6.07) is 9.69. The molecule has 0 aliphatic carbocycles. The van der Waals surface area contributed by atoms with Gasteiger partial charge in [-0.05, 0) is 98.0 Å². The molecule has 1 aliphatic rings. The molecule has 1 fully saturated rings. The molecule has 0 bridgehead atoms. The lowest BCUT2D eigenvalue weighted by atomic mass is 9.96. The highest BCUT2D eigenvalue weighted by Gasteiger charge is 2.22. The van der Waals surface area contributed by atoms with Gasteiger partial charge in [0.15, 0.2) is 6.23 Å². The minimum atomic E-state index is -0.268. The summed E-state index contributed by atoms with van der Waals surface area (Å²) in [5.41, 5.74) is 4.28. The first kappa shape index (κ1) is 21.0. The Labute approximate surface area is 189 Å². The van der Waals surface area contributed by atoms with Gasteiger partial charge in [-0.25, -0.2) is 9.67 Å². The Hall–Kier alpha value is -2.26. The van der Waals surface area contributed by atoms with Crippen molar-refractivity contribution < 1.29 is 9.47 Å². The zero-order valence-electron chi connectivity index (χ0n) is 17.3. The molecular formula is C23H24IN3O3. The number of aromatic nitrogens is 3. The number of ether oxygens (including phenoxy) is 2. The van der Waals surface area contributed by atoms with Crippen molar-refractivity contribution in [2.75, 3.05) is 6.61 Å². The van der Waals surface area contributed by atoms with E-state index >= 15 is 0 Å². The first-order valence-electron chi connectivity index (χ1n) is 10.1. The number of hydrogen-bond acceptors (Lipinski definition) is 5. The Bertz CT molecular complexity index is 1140. The molecule has 3 aromatic rings. The topological polar surface area (TPSA) is 66.2 Å². The van der Waals surface area contributed by atoms with Gasteiger partial charge in [0.2, 0.25) is 5.88 Å². The van der Waals surface area contributed by atoms with E-state index in [1.54, 1.807) is 6.20 Å². The number of benzene rings is 1. The van der Waals surface area contributed by atoms with Gasteiger partial charge in [-0.2, -0.15) is 5.10 Å². The molecule has 6 nitrogen and oxygen atoms in total. The van der Waals surface area contributed by atoms with Gasteiger partial charge < -0.3 is 9.47 Å². The fourth-order valence-electron chi connectivity index (χ4n) is 3.85. The Morgan fingerprint density at radius 2 is 2.03 bits per heavy atom. The first-order valence-corrected chi connectivity index (χ1v) is 11.1. The van der Waals surface area contributed by atoms with Gasteiger partial charge in [0, 0.05) is 23.9 Å². The summed E-state index contributed by atoms with van der Waals surface area (Å²) in [7, 11) is 0. The standard InChI is InChI=1S/C23H24IN3O3/c1-14-13-17(30-22-19(24)7-6-11-25-22)9-10-18(14)21-15(2)23(28)27(26-16(21)3)20-8-4-5-12-29-20/h6-7,9-11,13,20H,4-5,8,12H2,1-3H3. The van der Waals surface area contributed by atoms with E-state index in [2.05, 4.69) is 32.7 Å². The summed E-state index contributed by atoms with van der Waals surface area (Å²) < 4.78 is 14.2. The second kappa shape index (κ2) is 8.85. The van der Waals surface area contributed by atoms with Crippen molar-refractivity contribution in [2.45, 2.75) is 46.3 Å². The molecular weight excluding hydrogens is 493 g/mol. The van der Waals surface area contributed by atoms with Crippen molar-refractivity contribution in [3.63, 3.8) is 0 Å². The van der Waals surface area contributed by atoms with Gasteiger partial charge in [0.25, 0.3) is 5.56 Å². The smallest absolute Gasteiger partial charge is 0.272 e. The molecule has 1 aliphatic heterocycles. The normalized spacial score (nSPS) is 16.5. The Morgan fingerprint density at radius 1 is 1.20 bits per heavy atom. The molecule has 4 rings (SSSR count). The summed E-state index contributed by atoms with van der Waals surface area (Å²) in [6.45, 7) is 6.50. The van der Waals surface area contributed by atoms with Gasteiger partial charge in [-0.3, -0.25) is 4.79 Å². The molecule has 0 spiro atoms. The molecule has 156 valence electrons. The molecule has 0 saturated carbocycles. The summed E-state index contributed by atoms with van der Waals surface area (Å²) in [5.74, 6) is 1.29. The third kappa shape index (κ3) is 4.13. The van der Waals surface area contributed by atoms with Crippen molar-refractivity contribution >= 4 is 22.6 Å². The predicted octanol–water partition coefficient (Wildman–Crippen LogP) is 5.33. The van der Waals surface area contributed by atoms with Crippen LogP contribution in [0.3, 0.4) is 0 Å². The summed E-state index contributed by atoms with van der Waals surface area (Å²) in [6.07, 6.45) is 4.35. The Kier molecular flexibility index (Phi) is 6.19. The highest BCUT2D eigenvalue weighted by Crippen LogP contribution is 2.32. The van der Waals surface area contributed by atoms with Crippen LogP contribution in [0.25, 0.3) is 11.1 Å². The van der Waals surface area contributed by atoms with Crippen LogP contribution < -0.4 is 10.3 Å². The van der Waals surface area contributed by atoms with Crippen LogP contribution in [0.5, 0.6) is 11.6 Å². The van der Waals surface area contributed by atoms with E-state index in [0.717, 1.165) is 45.2 Å². The zero-order valence-corrected chi connectivity index (χ0v) is 19.5. The van der Waals surface area contributed by atoms with Crippen molar-refractivity contribution in [2.24, 2.45) is 0 Å². The number of aryl methyl sites for hydroxylation is 2. The SMILES string of the molecule is Cc1cc(Oc2ncccc2I)ccc1-c1c(C)nn(C2CCCCO2)c(=O)c1C. The van der Waals surface area contributed by atoms with Crippen LogP contribution in [0.15, 0.2) is 41.3 Å². The van der Waals surface area contributed by atoms with Crippen LogP contribution in [-0.4, -0.2) is 21.4 Å². The van der Waals surface area contributed by atoms with E-state index in [-0.39, 0.29) is 11.8 Å². The summed E-state index contributed by atoms with van der Waals surface area (Å²) in [5, 5.41) is 4.61. The van der Waals surface area contributed by atoms with E-state index in [4.69, 9.17) is 9.47 Å². The second-order valence-corrected chi connectivity index (χ2v) is 8.69. The second-order valence-electron chi connectivity index (χ2n) is 7.53. The molecule has 1 saturated heterocycles. The van der Waals surface area contributed by atoms with Crippen LogP contribution >= 0.6 is 22.6 Å². The van der Waals surface area contributed by atoms with Crippen LogP contribution in [0.2, 0.25) is 0 Å². The number of pyridine rings is 1.